The van der Waals surface area contributed by atoms with Gasteiger partial charge in [-0.2, -0.15) is 4.98 Å². The number of benzene rings is 1. The lowest BCUT2D eigenvalue weighted by molar-refractivity contribution is 0.469. The number of anilines is 1. The Morgan fingerprint density at radius 1 is 1.16 bits per heavy atom. The molecule has 0 saturated heterocycles. The van der Waals surface area contributed by atoms with E-state index in [2.05, 4.69) is 37.9 Å². The summed E-state index contributed by atoms with van der Waals surface area (Å²) in [6.07, 6.45) is 0. The summed E-state index contributed by atoms with van der Waals surface area (Å²) in [5, 5.41) is 5.87. The quantitative estimate of drug-likeness (QED) is 0.691. The minimum Gasteiger partial charge on any atom is -0.438 e. The number of fused-ring (bicyclic) bond motifs is 1. The first-order chi connectivity index (χ1) is 9.26. The van der Waals surface area contributed by atoms with Crippen LogP contribution in [-0.4, -0.2) is 17.0 Å². The topological polar surface area (TPSA) is 47.0 Å². The molecular weight excluding hydrogens is 373 g/mol. The molecule has 0 unspecified atom stereocenters. The highest BCUT2D eigenvalue weighted by atomic mass is 127. The number of nitrogens with zero attached hydrogens (tertiary/aromatic N) is 2. The Balaban J connectivity index is 2.03. The van der Waals surface area contributed by atoms with Crippen LogP contribution in [0, 0.1) is 3.57 Å². The summed E-state index contributed by atoms with van der Waals surface area (Å²) in [4.78, 5) is 9.67. The molecule has 0 fully saturated rings. The van der Waals surface area contributed by atoms with Crippen molar-refractivity contribution in [2.24, 2.45) is 0 Å². The van der Waals surface area contributed by atoms with E-state index >= 15 is 0 Å². The van der Waals surface area contributed by atoms with Crippen molar-refractivity contribution in [3.8, 4) is 11.6 Å². The molecule has 6 heteroatoms. The number of rotatable bonds is 3. The van der Waals surface area contributed by atoms with Gasteiger partial charge in [0.05, 0.1) is 5.39 Å². The summed E-state index contributed by atoms with van der Waals surface area (Å²) in [6.45, 7) is 0. The fourth-order valence-electron chi connectivity index (χ4n) is 1.63. The van der Waals surface area contributed by atoms with E-state index in [1.165, 1.54) is 3.57 Å². The molecule has 0 radical (unpaired) electrons. The van der Waals surface area contributed by atoms with Crippen molar-refractivity contribution in [2.75, 3.05) is 12.4 Å². The SMILES string of the molecule is CNc1nc(Oc2ccc(I)cc2)c2ccsc2n1. The van der Waals surface area contributed by atoms with Crippen LogP contribution in [0.2, 0.25) is 0 Å². The lowest BCUT2D eigenvalue weighted by Crippen LogP contribution is -1.98. The molecule has 1 N–H and O–H groups in total. The number of aromatic nitrogens is 2. The second-order valence-corrected chi connectivity index (χ2v) is 5.94. The Bertz CT molecular complexity index is 711. The molecule has 0 aliphatic carbocycles. The van der Waals surface area contributed by atoms with Crippen molar-refractivity contribution in [1.29, 1.82) is 0 Å². The maximum Gasteiger partial charge on any atom is 0.232 e. The lowest BCUT2D eigenvalue weighted by Gasteiger charge is -2.07. The smallest absolute Gasteiger partial charge is 0.232 e. The van der Waals surface area contributed by atoms with Gasteiger partial charge in [-0.3, -0.25) is 0 Å². The van der Waals surface area contributed by atoms with Gasteiger partial charge in [0, 0.05) is 10.6 Å². The molecule has 0 amide bonds. The van der Waals surface area contributed by atoms with E-state index in [1.54, 1.807) is 18.4 Å². The number of ether oxygens (including phenoxy) is 1. The molecule has 19 heavy (non-hydrogen) atoms. The van der Waals surface area contributed by atoms with E-state index in [0.717, 1.165) is 16.0 Å². The first kappa shape index (κ1) is 12.6. The number of nitrogens with one attached hydrogen (secondary N) is 1. The van der Waals surface area contributed by atoms with Crippen LogP contribution in [0.1, 0.15) is 0 Å². The van der Waals surface area contributed by atoms with Gasteiger partial charge in [-0.05, 0) is 58.3 Å². The highest BCUT2D eigenvalue weighted by Gasteiger charge is 2.10. The minimum absolute atomic E-state index is 0.565. The van der Waals surface area contributed by atoms with Gasteiger partial charge in [-0.25, -0.2) is 4.98 Å². The summed E-state index contributed by atoms with van der Waals surface area (Å²) >= 11 is 3.83. The average molecular weight is 383 g/mol. The Kier molecular flexibility index (Phi) is 3.52. The third-order valence-electron chi connectivity index (χ3n) is 2.54. The van der Waals surface area contributed by atoms with Crippen molar-refractivity contribution in [3.05, 3.63) is 39.3 Å². The first-order valence-corrected chi connectivity index (χ1v) is 7.58. The fourth-order valence-corrected chi connectivity index (χ4v) is 2.75. The van der Waals surface area contributed by atoms with Gasteiger partial charge in [-0.15, -0.1) is 11.3 Å². The molecule has 3 aromatic rings. The van der Waals surface area contributed by atoms with Crippen LogP contribution in [0.4, 0.5) is 5.95 Å². The zero-order chi connectivity index (χ0) is 13.2. The largest absolute Gasteiger partial charge is 0.438 e. The summed E-state index contributed by atoms with van der Waals surface area (Å²) in [6, 6.07) is 9.84. The molecular formula is C13H10IN3OS. The summed E-state index contributed by atoms with van der Waals surface area (Å²) < 4.78 is 7.03. The number of hydrogen-bond donors (Lipinski definition) is 1. The Hall–Kier alpha value is -1.41. The monoisotopic (exact) mass is 383 g/mol. The lowest BCUT2D eigenvalue weighted by atomic mass is 10.3. The van der Waals surface area contributed by atoms with Gasteiger partial charge in [0.25, 0.3) is 0 Å². The van der Waals surface area contributed by atoms with E-state index in [0.29, 0.717) is 11.8 Å². The standard InChI is InChI=1S/C13H10IN3OS/c1-15-13-16-11(10-6-7-19-12(10)17-13)18-9-4-2-8(14)3-5-9/h2-7H,1H3,(H,15,16,17). The maximum atomic E-state index is 5.86. The Labute approximate surface area is 128 Å². The first-order valence-electron chi connectivity index (χ1n) is 5.62. The molecule has 0 atom stereocenters. The van der Waals surface area contributed by atoms with E-state index < -0.39 is 0 Å². The van der Waals surface area contributed by atoms with Crippen molar-refractivity contribution in [1.82, 2.24) is 9.97 Å². The molecule has 3 rings (SSSR count). The molecule has 0 aliphatic rings. The highest BCUT2D eigenvalue weighted by Crippen LogP contribution is 2.31. The fraction of sp³-hybridized carbons (Fsp3) is 0.0769. The van der Waals surface area contributed by atoms with E-state index in [4.69, 9.17) is 4.74 Å². The van der Waals surface area contributed by atoms with Gasteiger partial charge in [-0.1, -0.05) is 0 Å². The summed E-state index contributed by atoms with van der Waals surface area (Å²) in [7, 11) is 1.80. The molecule has 1 aromatic carbocycles. The Morgan fingerprint density at radius 3 is 2.68 bits per heavy atom. The van der Waals surface area contributed by atoms with Gasteiger partial charge in [0.2, 0.25) is 11.8 Å². The summed E-state index contributed by atoms with van der Waals surface area (Å²) in [5.74, 6) is 1.92. The van der Waals surface area contributed by atoms with Crippen molar-refractivity contribution in [2.45, 2.75) is 0 Å². The number of halogens is 1. The molecule has 2 heterocycles. The van der Waals surface area contributed by atoms with Crippen LogP contribution in [-0.2, 0) is 0 Å². The van der Waals surface area contributed by atoms with Crippen LogP contribution in [0.5, 0.6) is 11.6 Å². The second kappa shape index (κ2) is 5.30. The van der Waals surface area contributed by atoms with Gasteiger partial charge < -0.3 is 10.1 Å². The van der Waals surface area contributed by atoms with E-state index in [-0.39, 0.29) is 0 Å². The van der Waals surface area contributed by atoms with Gasteiger partial charge in [0.15, 0.2) is 0 Å². The van der Waals surface area contributed by atoms with Gasteiger partial charge in [0.1, 0.15) is 10.6 Å². The normalized spacial score (nSPS) is 10.6. The van der Waals surface area contributed by atoms with Crippen LogP contribution in [0.15, 0.2) is 35.7 Å². The third kappa shape index (κ3) is 2.64. The molecule has 0 spiro atoms. The van der Waals surface area contributed by atoms with E-state index in [9.17, 15) is 0 Å². The molecule has 0 aliphatic heterocycles. The molecule has 0 bridgehead atoms. The van der Waals surface area contributed by atoms with Crippen LogP contribution in [0.3, 0.4) is 0 Å². The number of hydrogen-bond acceptors (Lipinski definition) is 5. The predicted octanol–water partition coefficient (Wildman–Crippen LogP) is 4.13. The minimum atomic E-state index is 0.565. The van der Waals surface area contributed by atoms with Crippen molar-refractivity contribution in [3.63, 3.8) is 0 Å². The molecule has 96 valence electrons. The third-order valence-corrected chi connectivity index (χ3v) is 4.07. The highest BCUT2D eigenvalue weighted by molar-refractivity contribution is 14.1. The Morgan fingerprint density at radius 2 is 1.95 bits per heavy atom. The molecule has 4 nitrogen and oxygen atoms in total. The predicted molar refractivity (Wildman–Crippen MR) is 86.2 cm³/mol. The maximum absolute atomic E-state index is 5.86. The zero-order valence-electron chi connectivity index (χ0n) is 10.1. The number of thiophene rings is 1. The van der Waals surface area contributed by atoms with Crippen LogP contribution >= 0.6 is 33.9 Å². The van der Waals surface area contributed by atoms with Crippen molar-refractivity contribution >= 4 is 50.1 Å². The molecule has 2 aromatic heterocycles. The van der Waals surface area contributed by atoms with Gasteiger partial charge >= 0.3 is 0 Å². The zero-order valence-corrected chi connectivity index (χ0v) is 13.0. The van der Waals surface area contributed by atoms with E-state index in [1.807, 2.05) is 35.7 Å². The average Bonchev–Trinajstić information content (AvgIpc) is 2.89. The second-order valence-electron chi connectivity index (χ2n) is 3.80. The van der Waals surface area contributed by atoms with Crippen molar-refractivity contribution < 1.29 is 4.74 Å². The molecule has 0 saturated carbocycles. The van der Waals surface area contributed by atoms with Crippen LogP contribution in [0.25, 0.3) is 10.2 Å². The summed E-state index contributed by atoms with van der Waals surface area (Å²) in [5.41, 5.74) is 0. The van der Waals surface area contributed by atoms with Crippen LogP contribution < -0.4 is 10.1 Å².